The number of nitrogens with one attached hydrogen (secondary N) is 1. The number of hydrogen-bond donors (Lipinski definition) is 1. The first-order valence-electron chi connectivity index (χ1n) is 9.07. The number of ether oxygens (including phenoxy) is 1. The van der Waals surface area contributed by atoms with Gasteiger partial charge in [-0.1, -0.05) is 26.8 Å². The van der Waals surface area contributed by atoms with Crippen LogP contribution in [0.15, 0.2) is 30.3 Å². The highest BCUT2D eigenvalue weighted by Crippen LogP contribution is 2.21. The van der Waals surface area contributed by atoms with Gasteiger partial charge in [0.25, 0.3) is 5.91 Å². The zero-order valence-corrected chi connectivity index (χ0v) is 16.1. The number of aromatic amines is 1. The van der Waals surface area contributed by atoms with Crippen molar-refractivity contribution in [3.8, 4) is 5.75 Å². The van der Waals surface area contributed by atoms with Gasteiger partial charge in [0.15, 0.2) is 0 Å². The van der Waals surface area contributed by atoms with Crippen LogP contribution in [0.5, 0.6) is 5.75 Å². The number of piperazine rings is 1. The van der Waals surface area contributed by atoms with Crippen molar-refractivity contribution in [2.45, 2.75) is 32.7 Å². The lowest BCUT2D eigenvalue weighted by Crippen LogP contribution is -2.48. The van der Waals surface area contributed by atoms with Gasteiger partial charge in [0.05, 0.1) is 12.8 Å². The Kier molecular flexibility index (Phi) is 5.32. The molecular formula is C20H28N4O2. The predicted octanol–water partition coefficient (Wildman–Crippen LogP) is 2.67. The molecule has 0 spiro atoms. The third-order valence-corrected chi connectivity index (χ3v) is 4.77. The van der Waals surface area contributed by atoms with E-state index in [1.54, 1.807) is 13.2 Å². The van der Waals surface area contributed by atoms with E-state index in [2.05, 4.69) is 41.9 Å². The topological polar surface area (TPSA) is 61.5 Å². The Bertz CT molecular complexity index is 755. The van der Waals surface area contributed by atoms with Crippen LogP contribution in [-0.4, -0.2) is 59.2 Å². The smallest absolute Gasteiger partial charge is 0.254 e. The number of benzene rings is 1. The van der Waals surface area contributed by atoms with Gasteiger partial charge in [-0.15, -0.1) is 0 Å². The summed E-state index contributed by atoms with van der Waals surface area (Å²) in [7, 11) is 1.61. The van der Waals surface area contributed by atoms with Crippen LogP contribution in [-0.2, 0) is 12.0 Å². The van der Waals surface area contributed by atoms with Crippen LogP contribution >= 0.6 is 0 Å². The Hall–Kier alpha value is -2.34. The van der Waals surface area contributed by atoms with Gasteiger partial charge in [-0.25, -0.2) is 0 Å². The molecule has 1 saturated heterocycles. The van der Waals surface area contributed by atoms with Crippen LogP contribution in [0, 0.1) is 0 Å². The fraction of sp³-hybridized carbons (Fsp3) is 0.500. The highest BCUT2D eigenvalue weighted by Gasteiger charge is 2.23. The standard InChI is InChI=1S/C20H28N4O2/c1-20(2,3)18-13-16(21-22-18)14-23-8-10-24(11-9-23)19(25)15-6-5-7-17(12-15)26-4/h5-7,12-13H,8-11,14H2,1-4H3,(H,21,22). The largest absolute Gasteiger partial charge is 0.497 e. The van der Waals surface area contributed by atoms with Crippen molar-refractivity contribution in [1.29, 1.82) is 0 Å². The second-order valence-electron chi connectivity index (χ2n) is 7.83. The summed E-state index contributed by atoms with van der Waals surface area (Å²) < 4.78 is 5.21. The Balaban J connectivity index is 1.55. The Morgan fingerprint density at radius 2 is 1.92 bits per heavy atom. The van der Waals surface area contributed by atoms with E-state index in [0.717, 1.165) is 44.1 Å². The lowest BCUT2D eigenvalue weighted by atomic mass is 9.92. The Labute approximate surface area is 155 Å². The van der Waals surface area contributed by atoms with Gasteiger partial charge >= 0.3 is 0 Å². The SMILES string of the molecule is COc1cccc(C(=O)N2CCN(Cc3cc(C(C)(C)C)n[nH]3)CC2)c1. The summed E-state index contributed by atoms with van der Waals surface area (Å²) in [6, 6.07) is 9.50. The normalized spacial score (nSPS) is 15.9. The molecule has 0 aliphatic carbocycles. The van der Waals surface area contributed by atoms with Gasteiger partial charge in [0, 0.05) is 49.4 Å². The predicted molar refractivity (Wildman–Crippen MR) is 101 cm³/mol. The summed E-state index contributed by atoms with van der Waals surface area (Å²) in [5.41, 5.74) is 2.94. The molecule has 0 atom stereocenters. The number of carbonyl (C=O) groups is 1. The molecule has 1 amide bonds. The van der Waals surface area contributed by atoms with Crippen LogP contribution in [0.2, 0.25) is 0 Å². The maximum Gasteiger partial charge on any atom is 0.254 e. The third-order valence-electron chi connectivity index (χ3n) is 4.77. The molecule has 140 valence electrons. The molecule has 2 heterocycles. The zero-order valence-electron chi connectivity index (χ0n) is 16.1. The summed E-state index contributed by atoms with van der Waals surface area (Å²) in [5.74, 6) is 0.781. The van der Waals surface area contributed by atoms with Gasteiger partial charge in [-0.05, 0) is 24.3 Å². The number of aromatic nitrogens is 2. The van der Waals surface area contributed by atoms with Crippen molar-refractivity contribution in [2.24, 2.45) is 0 Å². The fourth-order valence-corrected chi connectivity index (χ4v) is 3.12. The molecule has 0 radical (unpaired) electrons. The van der Waals surface area contributed by atoms with Crippen LogP contribution in [0.4, 0.5) is 0 Å². The summed E-state index contributed by atoms with van der Waals surface area (Å²) in [5, 5.41) is 7.57. The molecule has 6 nitrogen and oxygen atoms in total. The molecule has 1 fully saturated rings. The average Bonchev–Trinajstić information content (AvgIpc) is 3.11. The Morgan fingerprint density at radius 1 is 1.19 bits per heavy atom. The molecule has 26 heavy (non-hydrogen) atoms. The minimum atomic E-state index is 0.0522. The average molecular weight is 356 g/mol. The maximum atomic E-state index is 12.7. The number of nitrogens with zero attached hydrogens (tertiary/aromatic N) is 3. The van der Waals surface area contributed by atoms with E-state index < -0.39 is 0 Å². The van der Waals surface area contributed by atoms with Gasteiger partial charge in [-0.3, -0.25) is 14.8 Å². The zero-order chi connectivity index (χ0) is 18.7. The van der Waals surface area contributed by atoms with Crippen molar-refractivity contribution in [1.82, 2.24) is 20.0 Å². The molecule has 0 saturated carbocycles. The first-order valence-corrected chi connectivity index (χ1v) is 9.07. The summed E-state index contributed by atoms with van der Waals surface area (Å²) in [4.78, 5) is 17.0. The summed E-state index contributed by atoms with van der Waals surface area (Å²) in [6.45, 7) is 10.5. The van der Waals surface area contributed by atoms with E-state index in [-0.39, 0.29) is 11.3 Å². The van der Waals surface area contributed by atoms with Crippen LogP contribution in [0.1, 0.15) is 42.5 Å². The van der Waals surface area contributed by atoms with Crippen LogP contribution < -0.4 is 4.74 Å². The second kappa shape index (κ2) is 7.50. The summed E-state index contributed by atoms with van der Waals surface area (Å²) in [6.07, 6.45) is 0. The van der Waals surface area contributed by atoms with Gasteiger partial charge in [-0.2, -0.15) is 5.10 Å². The van der Waals surface area contributed by atoms with Gasteiger partial charge in [0.2, 0.25) is 0 Å². The summed E-state index contributed by atoms with van der Waals surface area (Å²) >= 11 is 0. The number of carbonyl (C=O) groups excluding carboxylic acids is 1. The van der Waals surface area contributed by atoms with Crippen molar-refractivity contribution in [3.63, 3.8) is 0 Å². The number of hydrogen-bond acceptors (Lipinski definition) is 4. The van der Waals surface area contributed by atoms with Crippen molar-refractivity contribution in [3.05, 3.63) is 47.3 Å². The quantitative estimate of drug-likeness (QED) is 0.915. The highest BCUT2D eigenvalue weighted by atomic mass is 16.5. The number of H-pyrrole nitrogens is 1. The molecule has 0 bridgehead atoms. The molecule has 3 rings (SSSR count). The molecular weight excluding hydrogens is 328 g/mol. The fourth-order valence-electron chi connectivity index (χ4n) is 3.12. The molecule has 1 aromatic carbocycles. The molecule has 2 aromatic rings. The molecule has 6 heteroatoms. The minimum absolute atomic E-state index is 0.0522. The first kappa shape index (κ1) is 18.5. The van der Waals surface area contributed by atoms with Crippen molar-refractivity contribution >= 4 is 5.91 Å². The van der Waals surface area contributed by atoms with E-state index in [0.29, 0.717) is 11.3 Å². The lowest BCUT2D eigenvalue weighted by molar-refractivity contribution is 0.0626. The van der Waals surface area contributed by atoms with E-state index in [1.807, 2.05) is 23.1 Å². The third kappa shape index (κ3) is 4.25. The number of rotatable bonds is 4. The molecule has 0 unspecified atom stereocenters. The molecule has 1 aliphatic heterocycles. The van der Waals surface area contributed by atoms with E-state index >= 15 is 0 Å². The molecule has 1 N–H and O–H groups in total. The van der Waals surface area contributed by atoms with E-state index in [1.165, 1.54) is 0 Å². The second-order valence-corrected chi connectivity index (χ2v) is 7.83. The lowest BCUT2D eigenvalue weighted by Gasteiger charge is -2.34. The van der Waals surface area contributed by atoms with Gasteiger partial charge in [0.1, 0.15) is 5.75 Å². The van der Waals surface area contributed by atoms with Crippen molar-refractivity contribution < 1.29 is 9.53 Å². The monoisotopic (exact) mass is 356 g/mol. The van der Waals surface area contributed by atoms with Crippen molar-refractivity contribution in [2.75, 3.05) is 33.3 Å². The van der Waals surface area contributed by atoms with E-state index in [9.17, 15) is 4.79 Å². The van der Waals surface area contributed by atoms with Crippen LogP contribution in [0.3, 0.4) is 0 Å². The highest BCUT2D eigenvalue weighted by molar-refractivity contribution is 5.94. The van der Waals surface area contributed by atoms with E-state index in [4.69, 9.17) is 4.74 Å². The van der Waals surface area contributed by atoms with Gasteiger partial charge < -0.3 is 9.64 Å². The van der Waals surface area contributed by atoms with Crippen LogP contribution in [0.25, 0.3) is 0 Å². The minimum Gasteiger partial charge on any atom is -0.497 e. The Morgan fingerprint density at radius 3 is 2.54 bits per heavy atom. The molecule has 1 aromatic heterocycles. The number of methoxy groups -OCH3 is 1. The number of amides is 1. The molecule has 1 aliphatic rings. The first-order chi connectivity index (χ1) is 12.4. The maximum absolute atomic E-state index is 12.7.